The predicted molar refractivity (Wildman–Crippen MR) is 158 cm³/mol. The molecule has 0 saturated heterocycles. The number of carboxylic acids is 1. The molecule has 3 aromatic rings. The molecule has 1 fully saturated rings. The Kier molecular flexibility index (Phi) is 9.45. The lowest BCUT2D eigenvalue weighted by atomic mass is 9.87. The van der Waals surface area contributed by atoms with Crippen LogP contribution in [0.25, 0.3) is 10.9 Å². The molecule has 0 unspecified atom stereocenters. The van der Waals surface area contributed by atoms with E-state index >= 15 is 0 Å². The number of alkyl halides is 3. The zero-order valence-corrected chi connectivity index (χ0v) is 25.5. The van der Waals surface area contributed by atoms with Gasteiger partial charge in [-0.15, -0.1) is 0 Å². The first-order valence-electron chi connectivity index (χ1n) is 14.3. The van der Waals surface area contributed by atoms with Gasteiger partial charge in [0.15, 0.2) is 11.5 Å². The Bertz CT molecular complexity index is 1530. The van der Waals surface area contributed by atoms with Crippen LogP contribution in [0.2, 0.25) is 0 Å². The van der Waals surface area contributed by atoms with Crippen molar-refractivity contribution in [2.45, 2.75) is 84.2 Å². The molecule has 1 heterocycles. The van der Waals surface area contributed by atoms with Crippen LogP contribution in [0.15, 0.2) is 30.3 Å². The number of aliphatic carboxylic acids is 1. The molecule has 238 valence electrons. The van der Waals surface area contributed by atoms with Gasteiger partial charge in [-0.3, -0.25) is 10.1 Å². The minimum atomic E-state index is -4.66. The number of nitrogens with one attached hydrogen (secondary N) is 2. The van der Waals surface area contributed by atoms with Gasteiger partial charge in [-0.05, 0) is 90.1 Å². The number of carboxylic acid groups (broad SMARTS) is 1. The molecule has 1 aliphatic carbocycles. The molecule has 10 nitrogen and oxygen atoms in total. The average Bonchev–Trinajstić information content (AvgIpc) is 2.91. The molecule has 0 spiro atoms. The molecule has 1 aromatic heterocycles. The van der Waals surface area contributed by atoms with Crippen molar-refractivity contribution in [3.8, 4) is 11.5 Å². The third kappa shape index (κ3) is 8.20. The number of fused-ring (bicyclic) bond motifs is 1. The van der Waals surface area contributed by atoms with Crippen LogP contribution in [0.4, 0.5) is 29.5 Å². The van der Waals surface area contributed by atoms with Crippen LogP contribution < -0.4 is 20.1 Å². The molecule has 0 aliphatic heterocycles. The lowest BCUT2D eigenvalue weighted by molar-refractivity contribution is -0.143. The van der Waals surface area contributed by atoms with Crippen LogP contribution >= 0.6 is 0 Å². The summed E-state index contributed by atoms with van der Waals surface area (Å²) in [6, 6.07) is 6.03. The fourth-order valence-corrected chi connectivity index (χ4v) is 5.07. The first-order valence-corrected chi connectivity index (χ1v) is 14.3. The second-order valence-corrected chi connectivity index (χ2v) is 11.9. The normalized spacial score (nSPS) is 17.9. The molecule has 3 N–H and O–H groups in total. The molecular weight excluding hydrogens is 581 g/mol. The van der Waals surface area contributed by atoms with E-state index in [2.05, 4.69) is 20.6 Å². The van der Waals surface area contributed by atoms with Crippen molar-refractivity contribution >= 4 is 34.5 Å². The monoisotopic (exact) mass is 618 g/mol. The topological polar surface area (TPSA) is 132 Å². The maximum atomic E-state index is 13.8. The highest BCUT2D eigenvalue weighted by molar-refractivity contribution is 5.92. The van der Waals surface area contributed by atoms with Crippen molar-refractivity contribution in [2.75, 3.05) is 17.7 Å². The molecule has 1 aliphatic rings. The molecule has 0 bridgehead atoms. The summed E-state index contributed by atoms with van der Waals surface area (Å²) in [5, 5.41) is 15.5. The lowest BCUT2D eigenvalue weighted by Gasteiger charge is -2.27. The van der Waals surface area contributed by atoms with Crippen molar-refractivity contribution in [1.29, 1.82) is 0 Å². The third-order valence-electron chi connectivity index (χ3n) is 7.19. The molecule has 1 saturated carbocycles. The van der Waals surface area contributed by atoms with Crippen molar-refractivity contribution in [3.63, 3.8) is 0 Å². The molecule has 0 radical (unpaired) electrons. The van der Waals surface area contributed by atoms with E-state index in [1.165, 1.54) is 13.2 Å². The van der Waals surface area contributed by atoms with Gasteiger partial charge < -0.3 is 24.6 Å². The van der Waals surface area contributed by atoms with Crippen molar-refractivity contribution in [3.05, 3.63) is 47.3 Å². The second kappa shape index (κ2) is 12.7. The maximum Gasteiger partial charge on any atom is 0.416 e. The summed E-state index contributed by atoms with van der Waals surface area (Å²) in [4.78, 5) is 32.7. The van der Waals surface area contributed by atoms with E-state index in [4.69, 9.17) is 14.2 Å². The summed E-state index contributed by atoms with van der Waals surface area (Å²) in [6.45, 7) is 8.33. The number of hydrogen-bond acceptors (Lipinski definition) is 8. The average molecular weight is 619 g/mol. The van der Waals surface area contributed by atoms with Gasteiger partial charge in [-0.25, -0.2) is 14.8 Å². The second-order valence-electron chi connectivity index (χ2n) is 11.9. The summed E-state index contributed by atoms with van der Waals surface area (Å²) in [7, 11) is 1.50. The smallest absolute Gasteiger partial charge is 0.416 e. The predicted octanol–water partition coefficient (Wildman–Crippen LogP) is 7.51. The minimum absolute atomic E-state index is 0.0699. The number of rotatable bonds is 8. The van der Waals surface area contributed by atoms with Gasteiger partial charge in [0.05, 0.1) is 36.3 Å². The molecule has 2 aromatic carbocycles. The van der Waals surface area contributed by atoms with Gasteiger partial charge in [0, 0.05) is 17.1 Å². The summed E-state index contributed by atoms with van der Waals surface area (Å²) >= 11 is 0. The van der Waals surface area contributed by atoms with Crippen LogP contribution in [0, 0.1) is 12.8 Å². The molecule has 4 rings (SSSR count). The fraction of sp³-hybridized carbons (Fsp3) is 0.484. The Morgan fingerprint density at radius 1 is 1.00 bits per heavy atom. The number of ether oxygens (including phenoxy) is 3. The molecule has 1 atom stereocenters. The number of aromatic nitrogens is 2. The van der Waals surface area contributed by atoms with Crippen LogP contribution in [0.5, 0.6) is 11.5 Å². The van der Waals surface area contributed by atoms with Crippen molar-refractivity contribution in [2.24, 2.45) is 5.92 Å². The SMILES string of the molecule is COc1cc2nc(C)nc(N[C@H](C)c3cc(NC(=O)OC(C)(C)C)cc(C(F)(F)F)c3)c2cc1O[C@H]1CC[C@H](C(=O)O)CC1. The largest absolute Gasteiger partial charge is 0.493 e. The summed E-state index contributed by atoms with van der Waals surface area (Å²) in [5.41, 5.74) is -1.06. The van der Waals surface area contributed by atoms with Gasteiger partial charge in [0.1, 0.15) is 17.2 Å². The van der Waals surface area contributed by atoms with E-state index in [1.807, 2.05) is 0 Å². The van der Waals surface area contributed by atoms with Gasteiger partial charge in [-0.1, -0.05) is 0 Å². The molecule has 1 amide bonds. The Balaban J connectivity index is 1.65. The highest BCUT2D eigenvalue weighted by atomic mass is 19.4. The number of nitrogens with zero attached hydrogens (tertiary/aromatic N) is 2. The zero-order chi connectivity index (χ0) is 32.4. The summed E-state index contributed by atoms with van der Waals surface area (Å²) < 4.78 is 58.5. The van der Waals surface area contributed by atoms with E-state index in [0.717, 1.165) is 12.1 Å². The fourth-order valence-electron chi connectivity index (χ4n) is 5.07. The standard InChI is InChI=1S/C31H37F3N4O6/c1-16(19-11-20(31(32,33)34)13-21(12-19)38-29(41)44-30(3,4)5)35-27-23-14-26(25(42-6)15-24(23)36-17(2)37-27)43-22-9-7-18(8-10-22)28(39)40/h11-16,18,22H,7-10H2,1-6H3,(H,38,41)(H,39,40)(H,35,36,37)/t16-,18-,22-/m1/s1. The van der Waals surface area contributed by atoms with E-state index in [9.17, 15) is 27.9 Å². The lowest BCUT2D eigenvalue weighted by Crippen LogP contribution is -2.27. The van der Waals surface area contributed by atoms with E-state index < -0.39 is 41.4 Å². The number of methoxy groups -OCH3 is 1. The van der Waals surface area contributed by atoms with Crippen LogP contribution in [0.3, 0.4) is 0 Å². The van der Waals surface area contributed by atoms with E-state index in [1.54, 1.807) is 46.8 Å². The number of carbonyl (C=O) groups excluding carboxylic acids is 1. The number of carbonyl (C=O) groups is 2. The minimum Gasteiger partial charge on any atom is -0.493 e. The van der Waals surface area contributed by atoms with Gasteiger partial charge in [-0.2, -0.15) is 13.2 Å². The van der Waals surface area contributed by atoms with Gasteiger partial charge in [0.2, 0.25) is 0 Å². The number of amides is 1. The van der Waals surface area contributed by atoms with Crippen LogP contribution in [-0.2, 0) is 15.7 Å². The molecular formula is C31H37F3N4O6. The first-order chi connectivity index (χ1) is 20.5. The van der Waals surface area contributed by atoms with Crippen LogP contribution in [-0.4, -0.2) is 46.0 Å². The van der Waals surface area contributed by atoms with E-state index in [0.29, 0.717) is 59.7 Å². The summed E-state index contributed by atoms with van der Waals surface area (Å²) in [5.74, 6) is 0.443. The number of aryl methyl sites for hydroxylation is 1. The Labute approximate surface area is 253 Å². The number of hydrogen-bond donors (Lipinski definition) is 3. The Morgan fingerprint density at radius 3 is 2.27 bits per heavy atom. The first kappa shape index (κ1) is 32.6. The van der Waals surface area contributed by atoms with Gasteiger partial charge >= 0.3 is 18.2 Å². The number of benzene rings is 2. The number of anilines is 2. The van der Waals surface area contributed by atoms with Crippen molar-refractivity contribution in [1.82, 2.24) is 9.97 Å². The maximum absolute atomic E-state index is 13.8. The highest BCUT2D eigenvalue weighted by Crippen LogP contribution is 2.39. The van der Waals surface area contributed by atoms with Crippen molar-refractivity contribution < 1.29 is 42.1 Å². The zero-order valence-electron chi connectivity index (χ0n) is 25.5. The number of halogens is 3. The van der Waals surface area contributed by atoms with E-state index in [-0.39, 0.29) is 17.4 Å². The third-order valence-corrected chi connectivity index (χ3v) is 7.19. The van der Waals surface area contributed by atoms with Gasteiger partial charge in [0.25, 0.3) is 0 Å². The molecule has 13 heteroatoms. The quantitative estimate of drug-likeness (QED) is 0.235. The Morgan fingerprint density at radius 2 is 1.68 bits per heavy atom. The Hall–Kier alpha value is -4.29. The summed E-state index contributed by atoms with van der Waals surface area (Å²) in [6.07, 6.45) is -3.60. The van der Waals surface area contributed by atoms with Crippen LogP contribution in [0.1, 0.15) is 76.4 Å². The molecule has 44 heavy (non-hydrogen) atoms. The highest BCUT2D eigenvalue weighted by Gasteiger charge is 2.32.